The van der Waals surface area contributed by atoms with E-state index < -0.39 is 52.2 Å². The Kier molecular flexibility index (Phi) is 7.42. The van der Waals surface area contributed by atoms with Gasteiger partial charge in [-0.2, -0.15) is 31.4 Å². The fourth-order valence-electron chi connectivity index (χ4n) is 4.52. The Labute approximate surface area is 238 Å². The molecule has 1 N–H and O–H groups in total. The maximum Gasteiger partial charge on any atom is 0.433 e. The number of aromatic nitrogens is 5. The van der Waals surface area contributed by atoms with Crippen LogP contribution in [-0.4, -0.2) is 37.3 Å². The van der Waals surface area contributed by atoms with Crippen LogP contribution in [0.15, 0.2) is 71.9 Å². The molecule has 222 valence electrons. The van der Waals surface area contributed by atoms with Gasteiger partial charge in [0, 0.05) is 24.5 Å². The topological polar surface area (TPSA) is 104 Å². The number of pyridine rings is 1. The first kappa shape index (κ1) is 29.3. The molecule has 9 nitrogen and oxygen atoms in total. The van der Waals surface area contributed by atoms with Crippen LogP contribution in [-0.2, 0) is 25.9 Å². The maximum absolute atomic E-state index is 14.5. The first-order valence-electron chi connectivity index (χ1n) is 12.4. The van der Waals surface area contributed by atoms with Crippen molar-refractivity contribution in [3.8, 4) is 17.0 Å². The minimum Gasteiger partial charge on any atom is -0.497 e. The molecule has 0 saturated heterocycles. The zero-order valence-corrected chi connectivity index (χ0v) is 22.3. The number of nitrogens with one attached hydrogen (secondary N) is 1. The summed E-state index contributed by atoms with van der Waals surface area (Å²) in [6.45, 7) is 0.128. The summed E-state index contributed by atoms with van der Waals surface area (Å²) in [5.41, 5.74) is -4.89. The van der Waals surface area contributed by atoms with E-state index in [4.69, 9.17) is 4.74 Å². The fraction of sp³-hybridized carbons (Fsp3) is 0.179. The number of fused-ring (bicyclic) bond motifs is 1. The molecule has 5 aromatic rings. The van der Waals surface area contributed by atoms with Crippen molar-refractivity contribution in [1.29, 1.82) is 0 Å². The second-order valence-corrected chi connectivity index (χ2v) is 9.30. The van der Waals surface area contributed by atoms with Crippen molar-refractivity contribution in [1.82, 2.24) is 24.3 Å². The van der Waals surface area contributed by atoms with Crippen molar-refractivity contribution in [2.24, 2.45) is 7.05 Å². The number of anilines is 1. The molecular formula is C28H20F6N6O3. The average molecular weight is 602 g/mol. The molecule has 0 bridgehead atoms. The van der Waals surface area contributed by atoms with Gasteiger partial charge in [-0.3, -0.25) is 23.8 Å². The normalized spacial score (nSPS) is 12.0. The quantitative estimate of drug-likeness (QED) is 0.256. The zero-order chi connectivity index (χ0) is 31.1. The third kappa shape index (κ3) is 5.78. The van der Waals surface area contributed by atoms with Crippen molar-refractivity contribution in [3.05, 3.63) is 100.0 Å². The number of nitrogens with zero attached hydrogens (tertiary/aromatic N) is 5. The van der Waals surface area contributed by atoms with E-state index >= 15 is 0 Å². The largest absolute Gasteiger partial charge is 0.497 e. The molecule has 0 aliphatic rings. The van der Waals surface area contributed by atoms with Crippen molar-refractivity contribution in [2.45, 2.75) is 18.9 Å². The highest BCUT2D eigenvalue weighted by Gasteiger charge is 2.43. The summed E-state index contributed by atoms with van der Waals surface area (Å²) < 4.78 is 89.7. The Morgan fingerprint density at radius 1 is 0.977 bits per heavy atom. The number of hydrogen-bond acceptors (Lipinski definition) is 6. The molecule has 5 rings (SSSR count). The van der Waals surface area contributed by atoms with Crippen molar-refractivity contribution >= 4 is 22.5 Å². The molecule has 0 saturated carbocycles. The molecule has 0 aliphatic heterocycles. The molecule has 15 heteroatoms. The number of carbonyl (C=O) groups excluding carboxylic acids is 1. The Bertz CT molecular complexity index is 1900. The summed E-state index contributed by atoms with van der Waals surface area (Å²) in [7, 11) is 2.60. The van der Waals surface area contributed by atoms with Crippen LogP contribution in [0.25, 0.3) is 22.2 Å². The standard InChI is InChI=1S/C28H20F6N6O3/c1-39-24(25(41)37-16-10-11-35-20(12-16)27(29,30)31)21(28(32,33)34)23(38-39)18-4-3-5-19-22(18)36-14-40(26(19)42)13-15-6-8-17(43-2)9-7-15/h3-12,14H,13H2,1-2H3,(H,35,37,41). The summed E-state index contributed by atoms with van der Waals surface area (Å²) in [6, 6.07) is 12.5. The van der Waals surface area contributed by atoms with E-state index in [1.54, 1.807) is 24.3 Å². The Morgan fingerprint density at radius 3 is 2.35 bits per heavy atom. The van der Waals surface area contributed by atoms with Crippen LogP contribution in [0.4, 0.5) is 32.0 Å². The SMILES string of the molecule is COc1ccc(Cn2cnc3c(-c4nn(C)c(C(=O)Nc5ccnc(C(F)(F)F)c5)c4C(F)(F)F)cccc3c2=O)cc1. The van der Waals surface area contributed by atoms with E-state index in [2.05, 4.69) is 20.4 Å². The number of rotatable bonds is 6. The lowest BCUT2D eigenvalue weighted by molar-refractivity contribution is -0.141. The van der Waals surface area contributed by atoms with Crippen LogP contribution in [0, 0.1) is 0 Å². The molecule has 0 unspecified atom stereocenters. The average Bonchev–Trinajstić information content (AvgIpc) is 3.32. The number of halogens is 6. The van der Waals surface area contributed by atoms with Crippen LogP contribution >= 0.6 is 0 Å². The third-order valence-electron chi connectivity index (χ3n) is 6.47. The number of methoxy groups -OCH3 is 1. The summed E-state index contributed by atoms with van der Waals surface area (Å²) in [4.78, 5) is 33.8. The van der Waals surface area contributed by atoms with Gasteiger partial charge in [0.05, 0.1) is 30.9 Å². The number of aryl methyl sites for hydroxylation is 1. The lowest BCUT2D eigenvalue weighted by Crippen LogP contribution is -2.22. The summed E-state index contributed by atoms with van der Waals surface area (Å²) in [5.74, 6) is -0.740. The van der Waals surface area contributed by atoms with Gasteiger partial charge in [-0.1, -0.05) is 24.3 Å². The van der Waals surface area contributed by atoms with Gasteiger partial charge >= 0.3 is 12.4 Å². The van der Waals surface area contributed by atoms with Gasteiger partial charge < -0.3 is 10.1 Å². The van der Waals surface area contributed by atoms with Gasteiger partial charge in [0.1, 0.15) is 28.4 Å². The number of alkyl halides is 6. The van der Waals surface area contributed by atoms with E-state index in [1.807, 2.05) is 0 Å². The molecule has 0 radical (unpaired) electrons. The van der Waals surface area contributed by atoms with Crippen LogP contribution in [0.3, 0.4) is 0 Å². The van der Waals surface area contributed by atoms with E-state index in [-0.39, 0.29) is 23.0 Å². The predicted octanol–water partition coefficient (Wildman–Crippen LogP) is 5.54. The maximum atomic E-state index is 14.5. The van der Waals surface area contributed by atoms with Crippen LogP contribution < -0.4 is 15.6 Å². The highest BCUT2D eigenvalue weighted by Crippen LogP contribution is 2.41. The minimum absolute atomic E-state index is 0.00903. The molecular weight excluding hydrogens is 582 g/mol. The predicted molar refractivity (Wildman–Crippen MR) is 142 cm³/mol. The Hall–Kier alpha value is -5.21. The van der Waals surface area contributed by atoms with E-state index in [1.165, 1.54) is 36.2 Å². The first-order valence-corrected chi connectivity index (χ1v) is 12.4. The number of para-hydroxylation sites is 1. The summed E-state index contributed by atoms with van der Waals surface area (Å²) in [6.07, 6.45) is -8.01. The monoisotopic (exact) mass is 602 g/mol. The third-order valence-corrected chi connectivity index (χ3v) is 6.47. The van der Waals surface area contributed by atoms with Gasteiger partial charge in [-0.05, 0) is 35.9 Å². The number of hydrogen-bond donors (Lipinski definition) is 1. The lowest BCUT2D eigenvalue weighted by Gasteiger charge is -2.13. The highest BCUT2D eigenvalue weighted by molar-refractivity contribution is 6.06. The van der Waals surface area contributed by atoms with Crippen LogP contribution in [0.2, 0.25) is 0 Å². The molecule has 0 fully saturated rings. The summed E-state index contributed by atoms with van der Waals surface area (Å²) in [5, 5.41) is 6.00. The molecule has 2 aromatic carbocycles. The van der Waals surface area contributed by atoms with Gasteiger partial charge in [-0.25, -0.2) is 4.98 Å². The molecule has 0 spiro atoms. The number of amides is 1. The van der Waals surface area contributed by atoms with Gasteiger partial charge in [0.25, 0.3) is 11.5 Å². The van der Waals surface area contributed by atoms with E-state index in [0.29, 0.717) is 16.5 Å². The zero-order valence-electron chi connectivity index (χ0n) is 22.3. The second kappa shape index (κ2) is 10.9. The minimum atomic E-state index is -5.13. The lowest BCUT2D eigenvalue weighted by atomic mass is 10.0. The smallest absolute Gasteiger partial charge is 0.433 e. The highest BCUT2D eigenvalue weighted by atomic mass is 19.4. The first-order chi connectivity index (χ1) is 20.3. The molecule has 0 atom stereocenters. The van der Waals surface area contributed by atoms with E-state index in [9.17, 15) is 35.9 Å². The van der Waals surface area contributed by atoms with Crippen LogP contribution in [0.5, 0.6) is 5.75 Å². The van der Waals surface area contributed by atoms with Crippen molar-refractivity contribution in [2.75, 3.05) is 12.4 Å². The molecule has 3 heterocycles. The fourth-order valence-corrected chi connectivity index (χ4v) is 4.52. The second-order valence-electron chi connectivity index (χ2n) is 9.30. The van der Waals surface area contributed by atoms with Crippen molar-refractivity contribution in [3.63, 3.8) is 0 Å². The Balaban J connectivity index is 1.57. The number of carbonyl (C=O) groups is 1. The van der Waals surface area contributed by atoms with Crippen molar-refractivity contribution < 1.29 is 35.9 Å². The number of ether oxygens (including phenoxy) is 1. The van der Waals surface area contributed by atoms with E-state index in [0.717, 1.165) is 24.9 Å². The van der Waals surface area contributed by atoms with Gasteiger partial charge in [0.2, 0.25) is 0 Å². The summed E-state index contributed by atoms with van der Waals surface area (Å²) >= 11 is 0. The van der Waals surface area contributed by atoms with Gasteiger partial charge in [-0.15, -0.1) is 0 Å². The number of benzene rings is 2. The molecule has 0 aliphatic carbocycles. The van der Waals surface area contributed by atoms with Crippen LogP contribution in [0.1, 0.15) is 27.3 Å². The van der Waals surface area contributed by atoms with Gasteiger partial charge in [0.15, 0.2) is 0 Å². The molecule has 43 heavy (non-hydrogen) atoms. The Morgan fingerprint density at radius 2 is 1.70 bits per heavy atom. The molecule has 3 aromatic heterocycles. The molecule has 1 amide bonds.